The summed E-state index contributed by atoms with van der Waals surface area (Å²) in [5.41, 5.74) is 1.20. The molecule has 1 aliphatic carbocycles. The van der Waals surface area contributed by atoms with Gasteiger partial charge in [0, 0.05) is 18.3 Å². The van der Waals surface area contributed by atoms with E-state index in [1.165, 1.54) is 18.4 Å². The number of fused-ring (bicyclic) bond motifs is 1. The Morgan fingerprint density at radius 2 is 2.10 bits per heavy atom. The Bertz CT molecular complexity index is 755. The number of nitrogens with one attached hydrogen (secondary N) is 2. The molecule has 2 aliphatic heterocycles. The lowest BCUT2D eigenvalue weighted by molar-refractivity contribution is -0.118. The first-order valence-corrected chi connectivity index (χ1v) is 11.5. The molecule has 2 heterocycles. The molecular weight excluding hydrogens is 390 g/mol. The van der Waals surface area contributed by atoms with E-state index in [-0.39, 0.29) is 30.6 Å². The largest absolute Gasteiger partial charge is 0.486 e. The van der Waals surface area contributed by atoms with Gasteiger partial charge in [-0.15, -0.1) is 0 Å². The fourth-order valence-electron chi connectivity index (χ4n) is 3.64. The highest BCUT2D eigenvalue weighted by Crippen LogP contribution is 2.41. The highest BCUT2D eigenvalue weighted by Gasteiger charge is 2.36. The van der Waals surface area contributed by atoms with Gasteiger partial charge in [0.25, 0.3) is 0 Å². The second kappa shape index (κ2) is 9.26. The molecule has 29 heavy (non-hydrogen) atoms. The van der Waals surface area contributed by atoms with E-state index in [0.29, 0.717) is 19.1 Å². The first kappa shape index (κ1) is 20.3. The van der Waals surface area contributed by atoms with Gasteiger partial charge in [0.2, 0.25) is 5.91 Å². The number of unbranched alkanes of at least 4 members (excludes halogenated alkanes) is 2. The Morgan fingerprint density at radius 3 is 2.86 bits per heavy atom. The van der Waals surface area contributed by atoms with Crippen molar-refractivity contribution in [2.24, 2.45) is 5.92 Å². The van der Waals surface area contributed by atoms with Gasteiger partial charge < -0.3 is 14.4 Å². The first-order chi connectivity index (χ1) is 14.1. The molecule has 1 aromatic rings. The topological polar surface area (TPSA) is 79.9 Å². The number of carbonyl (C=O) groups excluding carboxylic acids is 2. The fraction of sp³-hybridized carbons (Fsp3) is 0.619. The molecule has 0 radical (unpaired) electrons. The van der Waals surface area contributed by atoms with Crippen LogP contribution in [0.4, 0.5) is 4.79 Å². The van der Waals surface area contributed by atoms with Gasteiger partial charge in [0.15, 0.2) is 11.5 Å². The fourth-order valence-corrected chi connectivity index (χ4v) is 4.50. The van der Waals surface area contributed by atoms with E-state index in [2.05, 4.69) is 29.1 Å². The van der Waals surface area contributed by atoms with E-state index in [1.54, 1.807) is 16.8 Å². The van der Waals surface area contributed by atoms with Crippen LogP contribution >= 0.6 is 11.9 Å². The molecular formula is C21H29N3O4S. The molecule has 8 heteroatoms. The number of nitrogens with zero attached hydrogens (tertiary/aromatic N) is 1. The summed E-state index contributed by atoms with van der Waals surface area (Å²) in [6.45, 7) is 3.66. The summed E-state index contributed by atoms with van der Waals surface area (Å²) in [5.74, 6) is 3.18. The highest BCUT2D eigenvalue weighted by atomic mass is 32.2. The number of hydrogen-bond acceptors (Lipinski definition) is 6. The van der Waals surface area contributed by atoms with Crippen molar-refractivity contribution >= 4 is 23.9 Å². The summed E-state index contributed by atoms with van der Waals surface area (Å²) in [6.07, 6.45) is 5.73. The monoisotopic (exact) mass is 419 g/mol. The minimum Gasteiger partial charge on any atom is -0.486 e. The quantitative estimate of drug-likeness (QED) is 0.344. The van der Waals surface area contributed by atoms with Crippen LogP contribution in [0.2, 0.25) is 0 Å². The maximum Gasteiger partial charge on any atom is 0.324 e. The molecule has 0 bridgehead atoms. The van der Waals surface area contributed by atoms with Gasteiger partial charge in [0.05, 0.1) is 0 Å². The summed E-state index contributed by atoms with van der Waals surface area (Å²) in [4.78, 5) is 24.2. The molecule has 1 saturated heterocycles. The molecule has 1 aromatic carbocycles. The summed E-state index contributed by atoms with van der Waals surface area (Å²) < 4.78 is 15.5. The molecule has 4 rings (SSSR count). The van der Waals surface area contributed by atoms with Crippen LogP contribution in [0.5, 0.6) is 11.5 Å². The van der Waals surface area contributed by atoms with Crippen LogP contribution in [0.3, 0.4) is 0 Å². The number of hydrogen-bond donors (Lipinski definition) is 2. The van der Waals surface area contributed by atoms with E-state index in [1.807, 2.05) is 6.07 Å². The van der Waals surface area contributed by atoms with Crippen LogP contribution in [0, 0.1) is 5.92 Å². The maximum absolute atomic E-state index is 11.5. The van der Waals surface area contributed by atoms with Crippen LogP contribution in [-0.2, 0) is 4.79 Å². The van der Waals surface area contributed by atoms with E-state index >= 15 is 0 Å². The lowest BCUT2D eigenvalue weighted by atomic mass is 10.1. The Hall–Kier alpha value is -1.93. The Balaban J connectivity index is 1.13. The Morgan fingerprint density at radius 1 is 1.24 bits per heavy atom. The van der Waals surface area contributed by atoms with Gasteiger partial charge in [-0.3, -0.25) is 14.8 Å². The van der Waals surface area contributed by atoms with E-state index in [0.717, 1.165) is 36.5 Å². The summed E-state index contributed by atoms with van der Waals surface area (Å²) in [6, 6.07) is 6.16. The van der Waals surface area contributed by atoms with Crippen LogP contribution < -0.4 is 19.5 Å². The standard InChI is InChI=1S/C21H29N3O4S/c1-14(23-29-10-4-2-3-9-24-12-20(25)22-21(24)26)16-7-8-17-18(11-16)28-19(13-27-17)15-5-6-15/h7-8,11,14-15,19,23H,2-6,9-10,12-13H2,1H3,(H,22,25,26). The van der Waals surface area contributed by atoms with Crippen LogP contribution in [0.25, 0.3) is 0 Å². The third kappa shape index (κ3) is 5.36. The first-order valence-electron chi connectivity index (χ1n) is 10.5. The number of ether oxygens (including phenoxy) is 2. The zero-order valence-electron chi connectivity index (χ0n) is 16.8. The van der Waals surface area contributed by atoms with Gasteiger partial charge in [0.1, 0.15) is 19.3 Å². The number of urea groups is 1. The zero-order chi connectivity index (χ0) is 20.2. The predicted molar refractivity (Wildman–Crippen MR) is 112 cm³/mol. The van der Waals surface area contributed by atoms with Crippen LogP contribution in [0.15, 0.2) is 18.2 Å². The zero-order valence-corrected chi connectivity index (χ0v) is 17.6. The smallest absolute Gasteiger partial charge is 0.324 e. The van der Waals surface area contributed by atoms with Crippen molar-refractivity contribution < 1.29 is 19.1 Å². The van der Waals surface area contributed by atoms with Crippen molar-refractivity contribution in [3.63, 3.8) is 0 Å². The number of imide groups is 1. The molecule has 2 unspecified atom stereocenters. The van der Waals surface area contributed by atoms with Crippen molar-refractivity contribution in [3.05, 3.63) is 23.8 Å². The SMILES string of the molecule is CC(NSCCCCCN1CC(=O)NC1=O)c1ccc2c(c1)OC(C1CC1)CO2. The molecule has 3 amide bonds. The Kier molecular flexibility index (Phi) is 6.50. The number of benzene rings is 1. The molecule has 158 valence electrons. The maximum atomic E-state index is 11.5. The normalized spacial score (nSPS) is 22.0. The van der Waals surface area contributed by atoms with Crippen molar-refractivity contribution in [2.45, 2.75) is 51.2 Å². The third-order valence-electron chi connectivity index (χ3n) is 5.60. The molecule has 2 atom stereocenters. The number of carbonyl (C=O) groups is 2. The number of amides is 3. The second-order valence-corrected chi connectivity index (χ2v) is 8.97. The van der Waals surface area contributed by atoms with Crippen LogP contribution in [-0.4, -0.2) is 48.4 Å². The molecule has 2 fully saturated rings. The summed E-state index contributed by atoms with van der Waals surface area (Å²) in [5, 5.41) is 2.30. The van der Waals surface area contributed by atoms with Gasteiger partial charge in [-0.1, -0.05) is 24.4 Å². The van der Waals surface area contributed by atoms with Crippen LogP contribution in [0.1, 0.15) is 50.6 Å². The molecule has 7 nitrogen and oxygen atoms in total. The van der Waals surface area contributed by atoms with Gasteiger partial charge in [-0.25, -0.2) is 4.79 Å². The van der Waals surface area contributed by atoms with Gasteiger partial charge in [-0.05, 0) is 56.2 Å². The van der Waals surface area contributed by atoms with Crippen molar-refractivity contribution in [1.29, 1.82) is 0 Å². The van der Waals surface area contributed by atoms with E-state index in [4.69, 9.17) is 9.47 Å². The molecule has 3 aliphatic rings. The van der Waals surface area contributed by atoms with E-state index < -0.39 is 0 Å². The summed E-state index contributed by atoms with van der Waals surface area (Å²) >= 11 is 1.72. The van der Waals surface area contributed by atoms with E-state index in [9.17, 15) is 9.59 Å². The van der Waals surface area contributed by atoms with Crippen molar-refractivity contribution in [2.75, 3.05) is 25.4 Å². The van der Waals surface area contributed by atoms with Crippen molar-refractivity contribution in [1.82, 2.24) is 14.9 Å². The minimum atomic E-state index is -0.261. The average Bonchev–Trinajstić information content (AvgIpc) is 3.51. The predicted octanol–water partition coefficient (Wildman–Crippen LogP) is 3.26. The van der Waals surface area contributed by atoms with Crippen molar-refractivity contribution in [3.8, 4) is 11.5 Å². The molecule has 0 spiro atoms. The lowest BCUT2D eigenvalue weighted by Gasteiger charge is -2.27. The highest BCUT2D eigenvalue weighted by molar-refractivity contribution is 7.97. The average molecular weight is 420 g/mol. The molecule has 2 N–H and O–H groups in total. The van der Waals surface area contributed by atoms with Gasteiger partial charge >= 0.3 is 6.03 Å². The second-order valence-electron chi connectivity index (χ2n) is 8.03. The summed E-state index contributed by atoms with van der Waals surface area (Å²) in [7, 11) is 0. The number of rotatable bonds is 10. The third-order valence-corrected chi connectivity index (χ3v) is 6.61. The molecule has 1 saturated carbocycles. The lowest BCUT2D eigenvalue weighted by Crippen LogP contribution is -2.31. The Labute approximate surface area is 176 Å². The van der Waals surface area contributed by atoms with Gasteiger partial charge in [-0.2, -0.15) is 0 Å². The minimum absolute atomic E-state index is 0.198. The molecule has 0 aromatic heterocycles.